The van der Waals surface area contributed by atoms with Crippen molar-refractivity contribution < 1.29 is 14.3 Å². The van der Waals surface area contributed by atoms with E-state index < -0.39 is 0 Å². The first-order valence-electron chi connectivity index (χ1n) is 10.9. The average molecular weight is 489 g/mol. The zero-order valence-corrected chi connectivity index (χ0v) is 19.9. The molecule has 0 radical (unpaired) electrons. The molecule has 0 unspecified atom stereocenters. The summed E-state index contributed by atoms with van der Waals surface area (Å²) in [6.07, 6.45) is 3.25. The molecule has 1 saturated heterocycles. The molecule has 4 rings (SSSR count). The summed E-state index contributed by atoms with van der Waals surface area (Å²) in [4.78, 5) is 13.3. The maximum absolute atomic E-state index is 13.3. The molecule has 1 aromatic heterocycles. The minimum Gasteiger partial charge on any atom is -0.486 e. The number of amides is 1. The number of para-hydroxylation sites is 1. The SMILES string of the molecule is COCCOc1c(C(=O)NN2CCCCC2)nn(-c2ccccc2Cl)c1-c1ccc(Cl)cc1. The van der Waals surface area contributed by atoms with Crippen LogP contribution >= 0.6 is 23.2 Å². The van der Waals surface area contributed by atoms with Gasteiger partial charge in [-0.3, -0.25) is 10.2 Å². The Bertz CT molecular complexity index is 1100. The Hall–Kier alpha value is -2.58. The van der Waals surface area contributed by atoms with Crippen molar-refractivity contribution in [3.63, 3.8) is 0 Å². The average Bonchev–Trinajstić information content (AvgIpc) is 3.20. The minimum atomic E-state index is -0.328. The third-order valence-electron chi connectivity index (χ3n) is 5.40. The number of carbonyl (C=O) groups is 1. The predicted octanol–water partition coefficient (Wildman–Crippen LogP) is 5.00. The maximum atomic E-state index is 13.3. The highest BCUT2D eigenvalue weighted by molar-refractivity contribution is 6.32. The smallest absolute Gasteiger partial charge is 0.289 e. The van der Waals surface area contributed by atoms with Crippen molar-refractivity contribution in [1.29, 1.82) is 0 Å². The molecule has 1 fully saturated rings. The second-order valence-corrected chi connectivity index (χ2v) is 8.57. The number of ether oxygens (including phenoxy) is 2. The lowest BCUT2D eigenvalue weighted by atomic mass is 10.1. The van der Waals surface area contributed by atoms with Crippen LogP contribution in [0.3, 0.4) is 0 Å². The molecule has 0 atom stereocenters. The van der Waals surface area contributed by atoms with Gasteiger partial charge in [0.05, 0.1) is 17.3 Å². The lowest BCUT2D eigenvalue weighted by molar-refractivity contribution is 0.0738. The molecule has 1 amide bonds. The van der Waals surface area contributed by atoms with Gasteiger partial charge in [-0.25, -0.2) is 9.69 Å². The Morgan fingerprint density at radius 2 is 1.76 bits per heavy atom. The molecule has 2 heterocycles. The molecule has 9 heteroatoms. The molecular formula is C24H26Cl2N4O3. The van der Waals surface area contributed by atoms with Crippen LogP contribution in [-0.4, -0.2) is 54.1 Å². The van der Waals surface area contributed by atoms with E-state index in [0.717, 1.165) is 31.5 Å². The number of hydrogen-bond acceptors (Lipinski definition) is 5. The van der Waals surface area contributed by atoms with Gasteiger partial charge < -0.3 is 9.47 Å². The van der Waals surface area contributed by atoms with Gasteiger partial charge in [0.15, 0.2) is 11.4 Å². The Morgan fingerprint density at radius 3 is 2.45 bits per heavy atom. The molecule has 33 heavy (non-hydrogen) atoms. The summed E-state index contributed by atoms with van der Waals surface area (Å²) >= 11 is 12.6. The number of aromatic nitrogens is 2. The highest BCUT2D eigenvalue weighted by atomic mass is 35.5. The van der Waals surface area contributed by atoms with Gasteiger partial charge in [0.2, 0.25) is 0 Å². The van der Waals surface area contributed by atoms with Crippen molar-refractivity contribution in [1.82, 2.24) is 20.2 Å². The monoisotopic (exact) mass is 488 g/mol. The van der Waals surface area contributed by atoms with E-state index in [0.29, 0.717) is 33.8 Å². The highest BCUT2D eigenvalue weighted by Crippen LogP contribution is 2.37. The molecule has 1 aliphatic rings. The van der Waals surface area contributed by atoms with E-state index in [2.05, 4.69) is 10.5 Å². The van der Waals surface area contributed by atoms with Gasteiger partial charge in [0.25, 0.3) is 5.91 Å². The molecule has 3 aromatic rings. The van der Waals surface area contributed by atoms with Crippen molar-refractivity contribution in [2.75, 3.05) is 33.4 Å². The lowest BCUT2D eigenvalue weighted by Gasteiger charge is -2.26. The number of carbonyl (C=O) groups excluding carboxylic acids is 1. The van der Waals surface area contributed by atoms with E-state index in [-0.39, 0.29) is 18.2 Å². The third kappa shape index (κ3) is 5.50. The summed E-state index contributed by atoms with van der Waals surface area (Å²) in [5.41, 5.74) is 5.20. The number of nitrogens with one attached hydrogen (secondary N) is 1. The molecule has 1 N–H and O–H groups in total. The molecule has 1 aliphatic heterocycles. The zero-order chi connectivity index (χ0) is 23.2. The van der Waals surface area contributed by atoms with Crippen LogP contribution in [0.25, 0.3) is 16.9 Å². The fraction of sp³-hybridized carbons (Fsp3) is 0.333. The van der Waals surface area contributed by atoms with Gasteiger partial charge in [0, 0.05) is 30.8 Å². The molecule has 2 aromatic carbocycles. The van der Waals surface area contributed by atoms with Gasteiger partial charge >= 0.3 is 0 Å². The van der Waals surface area contributed by atoms with Gasteiger partial charge in [0.1, 0.15) is 12.3 Å². The number of benzene rings is 2. The highest BCUT2D eigenvalue weighted by Gasteiger charge is 2.28. The number of hydrazine groups is 1. The Balaban J connectivity index is 1.83. The van der Waals surface area contributed by atoms with Crippen LogP contribution in [0, 0.1) is 0 Å². The molecule has 0 aliphatic carbocycles. The minimum absolute atomic E-state index is 0.182. The van der Waals surface area contributed by atoms with E-state index >= 15 is 0 Å². The van der Waals surface area contributed by atoms with Crippen LogP contribution in [0.5, 0.6) is 5.75 Å². The maximum Gasteiger partial charge on any atom is 0.289 e. The van der Waals surface area contributed by atoms with Crippen LogP contribution in [0.15, 0.2) is 48.5 Å². The van der Waals surface area contributed by atoms with Crippen molar-refractivity contribution in [3.05, 3.63) is 64.3 Å². The van der Waals surface area contributed by atoms with Gasteiger partial charge in [-0.05, 0) is 37.1 Å². The summed E-state index contributed by atoms with van der Waals surface area (Å²) in [5.74, 6) is 0.0362. The van der Waals surface area contributed by atoms with Crippen LogP contribution in [0.4, 0.5) is 0 Å². The van der Waals surface area contributed by atoms with E-state index in [1.807, 2.05) is 35.3 Å². The summed E-state index contributed by atoms with van der Waals surface area (Å²) in [5, 5.41) is 7.72. The number of hydrogen-bond donors (Lipinski definition) is 1. The summed E-state index contributed by atoms with van der Waals surface area (Å²) in [7, 11) is 1.60. The van der Waals surface area contributed by atoms with Gasteiger partial charge in [-0.2, -0.15) is 5.10 Å². The summed E-state index contributed by atoms with van der Waals surface area (Å²) in [6, 6.07) is 14.6. The van der Waals surface area contributed by atoms with E-state index in [1.54, 1.807) is 30.0 Å². The predicted molar refractivity (Wildman–Crippen MR) is 129 cm³/mol. The van der Waals surface area contributed by atoms with E-state index in [1.165, 1.54) is 6.42 Å². The standard InChI is InChI=1S/C24H26Cl2N4O3/c1-32-15-16-33-23-21(24(31)28-29-13-5-2-6-14-29)27-30(20-8-4-3-7-19(20)26)22(23)17-9-11-18(25)12-10-17/h3-4,7-12H,2,5-6,13-16H2,1H3,(H,28,31). The molecule has 0 spiro atoms. The number of piperidine rings is 1. The van der Waals surface area contributed by atoms with Gasteiger partial charge in [-0.15, -0.1) is 0 Å². The number of nitrogens with zero attached hydrogens (tertiary/aromatic N) is 3. The van der Waals surface area contributed by atoms with E-state index in [4.69, 9.17) is 32.7 Å². The lowest BCUT2D eigenvalue weighted by Crippen LogP contribution is -2.45. The first kappa shape index (κ1) is 23.6. The first-order chi connectivity index (χ1) is 16.1. The van der Waals surface area contributed by atoms with Crippen molar-refractivity contribution in [2.45, 2.75) is 19.3 Å². The Morgan fingerprint density at radius 1 is 1.03 bits per heavy atom. The van der Waals surface area contributed by atoms with Crippen LogP contribution in [0.1, 0.15) is 29.8 Å². The second kappa shape index (κ2) is 11.0. The first-order valence-corrected chi connectivity index (χ1v) is 11.7. The number of halogens is 2. The number of methoxy groups -OCH3 is 1. The summed E-state index contributed by atoms with van der Waals surface area (Å²) < 4.78 is 12.9. The van der Waals surface area contributed by atoms with Crippen LogP contribution in [-0.2, 0) is 4.74 Å². The fourth-order valence-corrected chi connectivity index (χ4v) is 4.12. The Labute approximate surface area is 203 Å². The largest absolute Gasteiger partial charge is 0.486 e. The molecule has 7 nitrogen and oxygen atoms in total. The molecule has 0 saturated carbocycles. The molecular weight excluding hydrogens is 463 g/mol. The normalized spacial score (nSPS) is 14.3. The van der Waals surface area contributed by atoms with Gasteiger partial charge in [-0.1, -0.05) is 53.9 Å². The second-order valence-electron chi connectivity index (χ2n) is 7.73. The summed E-state index contributed by atoms with van der Waals surface area (Å²) in [6.45, 7) is 2.24. The third-order valence-corrected chi connectivity index (χ3v) is 5.98. The Kier molecular flexibility index (Phi) is 7.88. The van der Waals surface area contributed by atoms with Crippen molar-refractivity contribution >= 4 is 29.1 Å². The molecule has 0 bridgehead atoms. The van der Waals surface area contributed by atoms with Crippen LogP contribution < -0.4 is 10.2 Å². The zero-order valence-electron chi connectivity index (χ0n) is 18.4. The number of rotatable bonds is 8. The fourth-order valence-electron chi connectivity index (χ4n) is 3.78. The van der Waals surface area contributed by atoms with Crippen molar-refractivity contribution in [2.24, 2.45) is 0 Å². The van der Waals surface area contributed by atoms with E-state index in [9.17, 15) is 4.79 Å². The van der Waals surface area contributed by atoms with Crippen LogP contribution in [0.2, 0.25) is 10.0 Å². The topological polar surface area (TPSA) is 68.6 Å². The molecule has 174 valence electrons. The van der Waals surface area contributed by atoms with Crippen molar-refractivity contribution in [3.8, 4) is 22.7 Å². The quantitative estimate of drug-likeness (QED) is 0.451.